The monoisotopic (exact) mass is 347 g/mol. The number of benzene rings is 2. The molecule has 3 aromatic rings. The van der Waals surface area contributed by atoms with Crippen LogP contribution in [-0.2, 0) is 11.3 Å². The van der Waals surface area contributed by atoms with Crippen molar-refractivity contribution in [3.05, 3.63) is 71.4 Å². The van der Waals surface area contributed by atoms with Crippen LogP contribution in [0.1, 0.15) is 47.3 Å². The van der Waals surface area contributed by atoms with E-state index in [0.29, 0.717) is 24.9 Å². The molecule has 4 rings (SSSR count). The molecule has 0 aliphatic heterocycles. The van der Waals surface area contributed by atoms with Crippen LogP contribution >= 0.6 is 0 Å². The Bertz CT molecular complexity index is 933. The SMILES string of the molecule is CCOC(=O)c1nc2ccccc2c(C2CC2)c1OCc1ccccc1. The van der Waals surface area contributed by atoms with E-state index in [1.807, 2.05) is 48.5 Å². The van der Waals surface area contributed by atoms with Crippen LogP contribution in [0, 0.1) is 0 Å². The van der Waals surface area contributed by atoms with Gasteiger partial charge in [0.1, 0.15) is 6.61 Å². The highest BCUT2D eigenvalue weighted by atomic mass is 16.5. The van der Waals surface area contributed by atoms with Crippen LogP contribution in [0.15, 0.2) is 54.6 Å². The summed E-state index contributed by atoms with van der Waals surface area (Å²) in [6.45, 7) is 2.50. The van der Waals surface area contributed by atoms with Gasteiger partial charge in [-0.05, 0) is 37.3 Å². The minimum atomic E-state index is -0.428. The number of ether oxygens (including phenoxy) is 2. The first-order valence-corrected chi connectivity index (χ1v) is 9.04. The average molecular weight is 347 g/mol. The molecule has 0 atom stereocenters. The lowest BCUT2D eigenvalue weighted by molar-refractivity contribution is 0.0514. The van der Waals surface area contributed by atoms with Gasteiger partial charge in [0.15, 0.2) is 11.4 Å². The van der Waals surface area contributed by atoms with Gasteiger partial charge in [0.2, 0.25) is 0 Å². The smallest absolute Gasteiger partial charge is 0.360 e. The molecule has 1 aliphatic rings. The Labute approximate surface area is 152 Å². The van der Waals surface area contributed by atoms with Gasteiger partial charge in [0, 0.05) is 10.9 Å². The second kappa shape index (κ2) is 7.16. The van der Waals surface area contributed by atoms with Crippen LogP contribution < -0.4 is 4.74 Å². The van der Waals surface area contributed by atoms with E-state index in [9.17, 15) is 4.79 Å². The summed E-state index contributed by atoms with van der Waals surface area (Å²) in [4.78, 5) is 17.1. The number of carbonyl (C=O) groups is 1. The van der Waals surface area contributed by atoms with Gasteiger partial charge in [0.05, 0.1) is 12.1 Å². The van der Waals surface area contributed by atoms with Crippen LogP contribution in [0.3, 0.4) is 0 Å². The van der Waals surface area contributed by atoms with Gasteiger partial charge >= 0.3 is 5.97 Å². The minimum Gasteiger partial charge on any atom is -0.486 e. The number of carbonyl (C=O) groups excluding carboxylic acids is 1. The highest BCUT2D eigenvalue weighted by Crippen LogP contribution is 2.48. The highest BCUT2D eigenvalue weighted by Gasteiger charge is 2.33. The molecule has 0 radical (unpaired) electrons. The molecule has 0 spiro atoms. The van der Waals surface area contributed by atoms with Crippen molar-refractivity contribution >= 4 is 16.9 Å². The largest absolute Gasteiger partial charge is 0.486 e. The second-order valence-electron chi connectivity index (χ2n) is 6.49. The Morgan fingerprint density at radius 3 is 2.54 bits per heavy atom. The van der Waals surface area contributed by atoms with Crippen molar-refractivity contribution in [1.29, 1.82) is 0 Å². The van der Waals surface area contributed by atoms with Crippen molar-refractivity contribution in [2.45, 2.75) is 32.3 Å². The summed E-state index contributed by atoms with van der Waals surface area (Å²) >= 11 is 0. The number of rotatable bonds is 6. The molecule has 2 aromatic carbocycles. The third-order valence-corrected chi connectivity index (χ3v) is 4.57. The van der Waals surface area contributed by atoms with Gasteiger partial charge in [-0.2, -0.15) is 0 Å². The van der Waals surface area contributed by atoms with Crippen molar-refractivity contribution in [3.63, 3.8) is 0 Å². The van der Waals surface area contributed by atoms with E-state index >= 15 is 0 Å². The molecule has 1 fully saturated rings. The van der Waals surface area contributed by atoms with E-state index in [-0.39, 0.29) is 5.69 Å². The number of pyridine rings is 1. The first-order valence-electron chi connectivity index (χ1n) is 9.04. The third kappa shape index (κ3) is 3.27. The Hall–Kier alpha value is -2.88. The summed E-state index contributed by atoms with van der Waals surface area (Å²) in [5.74, 6) is 0.568. The Morgan fingerprint density at radius 2 is 1.81 bits per heavy atom. The Balaban J connectivity index is 1.82. The molecule has 0 amide bonds. The molecule has 1 saturated carbocycles. The molecule has 1 aromatic heterocycles. The van der Waals surface area contributed by atoms with Gasteiger partial charge in [0.25, 0.3) is 0 Å². The summed E-state index contributed by atoms with van der Waals surface area (Å²) in [5.41, 5.74) is 3.24. The lowest BCUT2D eigenvalue weighted by atomic mass is 10.0. The van der Waals surface area contributed by atoms with E-state index in [4.69, 9.17) is 9.47 Å². The lowest BCUT2D eigenvalue weighted by Gasteiger charge is -2.17. The van der Waals surface area contributed by atoms with Crippen LogP contribution in [0.2, 0.25) is 0 Å². The molecule has 0 saturated heterocycles. The Morgan fingerprint density at radius 1 is 1.08 bits per heavy atom. The molecule has 0 bridgehead atoms. The fraction of sp³-hybridized carbons (Fsp3) is 0.273. The number of nitrogens with zero attached hydrogens (tertiary/aromatic N) is 1. The normalized spacial score (nSPS) is 13.6. The number of hydrogen-bond donors (Lipinski definition) is 0. The summed E-state index contributed by atoms with van der Waals surface area (Å²) < 4.78 is 11.4. The molecule has 132 valence electrons. The maximum absolute atomic E-state index is 12.6. The number of para-hydroxylation sites is 1. The zero-order valence-corrected chi connectivity index (χ0v) is 14.8. The van der Waals surface area contributed by atoms with E-state index in [0.717, 1.165) is 34.9 Å². The van der Waals surface area contributed by atoms with E-state index in [1.54, 1.807) is 6.92 Å². The first-order chi connectivity index (χ1) is 12.8. The van der Waals surface area contributed by atoms with Crippen molar-refractivity contribution in [3.8, 4) is 5.75 Å². The number of esters is 1. The van der Waals surface area contributed by atoms with Crippen LogP contribution in [0.4, 0.5) is 0 Å². The third-order valence-electron chi connectivity index (χ3n) is 4.57. The summed E-state index contributed by atoms with van der Waals surface area (Å²) in [6.07, 6.45) is 2.22. The first kappa shape index (κ1) is 16.6. The van der Waals surface area contributed by atoms with Crippen molar-refractivity contribution in [2.75, 3.05) is 6.61 Å². The van der Waals surface area contributed by atoms with Crippen molar-refractivity contribution in [1.82, 2.24) is 4.98 Å². The molecular weight excluding hydrogens is 326 g/mol. The molecule has 1 aliphatic carbocycles. The average Bonchev–Trinajstić information content (AvgIpc) is 3.51. The molecule has 0 N–H and O–H groups in total. The Kier molecular flexibility index (Phi) is 4.57. The van der Waals surface area contributed by atoms with Gasteiger partial charge in [-0.3, -0.25) is 0 Å². The fourth-order valence-corrected chi connectivity index (χ4v) is 3.21. The molecule has 1 heterocycles. The number of fused-ring (bicyclic) bond motifs is 1. The van der Waals surface area contributed by atoms with Crippen molar-refractivity contribution < 1.29 is 14.3 Å². The minimum absolute atomic E-state index is 0.281. The lowest BCUT2D eigenvalue weighted by Crippen LogP contribution is -2.12. The number of aromatic nitrogens is 1. The summed E-state index contributed by atoms with van der Waals surface area (Å²) in [6, 6.07) is 17.9. The van der Waals surface area contributed by atoms with Gasteiger partial charge in [-0.25, -0.2) is 9.78 Å². The predicted molar refractivity (Wildman–Crippen MR) is 100 cm³/mol. The standard InChI is InChI=1S/C22H21NO3/c1-2-25-22(24)20-21(26-14-15-8-4-3-5-9-15)19(16-12-13-16)17-10-6-7-11-18(17)23-20/h3-11,16H,2,12-14H2,1H3. The summed E-state index contributed by atoms with van der Waals surface area (Å²) in [5, 5.41) is 1.06. The van der Waals surface area contributed by atoms with Crippen LogP contribution in [0.5, 0.6) is 5.75 Å². The zero-order valence-electron chi connectivity index (χ0n) is 14.8. The molecule has 4 nitrogen and oxygen atoms in total. The fourth-order valence-electron chi connectivity index (χ4n) is 3.21. The van der Waals surface area contributed by atoms with E-state index in [2.05, 4.69) is 11.1 Å². The molecule has 26 heavy (non-hydrogen) atoms. The topological polar surface area (TPSA) is 48.4 Å². The predicted octanol–water partition coefficient (Wildman–Crippen LogP) is 4.87. The van der Waals surface area contributed by atoms with Crippen LogP contribution in [0.25, 0.3) is 10.9 Å². The van der Waals surface area contributed by atoms with Gasteiger partial charge < -0.3 is 9.47 Å². The quantitative estimate of drug-likeness (QED) is 0.597. The zero-order chi connectivity index (χ0) is 17.9. The maximum Gasteiger partial charge on any atom is 0.360 e. The molecule has 4 heteroatoms. The van der Waals surface area contributed by atoms with Crippen LogP contribution in [-0.4, -0.2) is 17.6 Å². The number of hydrogen-bond acceptors (Lipinski definition) is 4. The molecule has 0 unspecified atom stereocenters. The van der Waals surface area contributed by atoms with Gasteiger partial charge in [-0.15, -0.1) is 0 Å². The second-order valence-corrected chi connectivity index (χ2v) is 6.49. The maximum atomic E-state index is 12.6. The van der Waals surface area contributed by atoms with Gasteiger partial charge in [-0.1, -0.05) is 48.5 Å². The van der Waals surface area contributed by atoms with E-state index < -0.39 is 5.97 Å². The summed E-state index contributed by atoms with van der Waals surface area (Å²) in [7, 11) is 0. The van der Waals surface area contributed by atoms with E-state index in [1.165, 1.54) is 0 Å². The molecular formula is C22H21NO3. The van der Waals surface area contributed by atoms with Crippen molar-refractivity contribution in [2.24, 2.45) is 0 Å². The highest BCUT2D eigenvalue weighted by molar-refractivity contribution is 5.97.